The van der Waals surface area contributed by atoms with Crippen LogP contribution in [0.3, 0.4) is 0 Å². The zero-order chi connectivity index (χ0) is 14.8. The molecule has 1 heterocycles. The van der Waals surface area contributed by atoms with Crippen LogP contribution >= 0.6 is 15.9 Å². The van der Waals surface area contributed by atoms with Crippen molar-refractivity contribution in [2.24, 2.45) is 11.8 Å². The maximum atomic E-state index is 12.7. The summed E-state index contributed by atoms with van der Waals surface area (Å²) in [6, 6.07) is 3.32. The number of nitrogens with zero attached hydrogens (tertiary/aromatic N) is 1. The summed E-state index contributed by atoms with van der Waals surface area (Å²) in [7, 11) is 0. The molecule has 1 fully saturated rings. The first-order chi connectivity index (χ1) is 9.36. The van der Waals surface area contributed by atoms with Gasteiger partial charge in [0.2, 0.25) is 5.91 Å². The van der Waals surface area contributed by atoms with Crippen LogP contribution in [0.2, 0.25) is 0 Å². The number of pyridine rings is 1. The van der Waals surface area contributed by atoms with Crippen LogP contribution in [0.25, 0.3) is 0 Å². The Morgan fingerprint density at radius 2 is 2.15 bits per heavy atom. The number of alkyl halides is 3. The first kappa shape index (κ1) is 15.3. The van der Waals surface area contributed by atoms with Crippen molar-refractivity contribution in [3.05, 3.63) is 22.8 Å². The molecule has 1 N–H and O–H groups in total. The van der Waals surface area contributed by atoms with E-state index in [1.54, 1.807) is 12.1 Å². The maximum Gasteiger partial charge on any atom is 0.391 e. The van der Waals surface area contributed by atoms with Crippen molar-refractivity contribution in [3.8, 4) is 0 Å². The second-order valence-electron chi connectivity index (χ2n) is 4.95. The minimum Gasteiger partial charge on any atom is -0.310 e. The number of anilines is 1. The Kier molecular flexibility index (Phi) is 4.67. The fourth-order valence-electron chi connectivity index (χ4n) is 2.43. The van der Waals surface area contributed by atoms with Crippen molar-refractivity contribution in [2.75, 3.05) is 5.32 Å². The molecule has 1 amide bonds. The number of hydrogen-bond acceptors (Lipinski definition) is 2. The van der Waals surface area contributed by atoms with Gasteiger partial charge >= 0.3 is 6.18 Å². The van der Waals surface area contributed by atoms with Gasteiger partial charge < -0.3 is 5.32 Å². The van der Waals surface area contributed by atoms with E-state index in [-0.39, 0.29) is 18.7 Å². The Bertz CT molecular complexity index is 493. The highest BCUT2D eigenvalue weighted by Gasteiger charge is 2.43. The Hall–Kier alpha value is -1.11. The zero-order valence-corrected chi connectivity index (χ0v) is 12.2. The van der Waals surface area contributed by atoms with Gasteiger partial charge in [0.25, 0.3) is 0 Å². The van der Waals surface area contributed by atoms with Crippen molar-refractivity contribution >= 4 is 27.7 Å². The van der Waals surface area contributed by atoms with Gasteiger partial charge in [0, 0.05) is 16.6 Å². The SMILES string of the molecule is O=C(Nc1cc(Br)ccn1)C1CCCC(C(F)(F)F)C1. The fourth-order valence-corrected chi connectivity index (χ4v) is 2.76. The average Bonchev–Trinajstić information content (AvgIpc) is 2.38. The zero-order valence-electron chi connectivity index (χ0n) is 10.6. The molecule has 1 aromatic rings. The minimum absolute atomic E-state index is 0.114. The molecule has 0 radical (unpaired) electrons. The largest absolute Gasteiger partial charge is 0.391 e. The van der Waals surface area contributed by atoms with Gasteiger partial charge in [-0.3, -0.25) is 4.79 Å². The topological polar surface area (TPSA) is 42.0 Å². The van der Waals surface area contributed by atoms with Gasteiger partial charge in [-0.15, -0.1) is 0 Å². The van der Waals surface area contributed by atoms with E-state index < -0.39 is 18.0 Å². The summed E-state index contributed by atoms with van der Waals surface area (Å²) in [5.41, 5.74) is 0. The standard InChI is InChI=1S/C13H14BrF3N2O/c14-10-4-5-18-11(7-10)19-12(20)8-2-1-3-9(6-8)13(15,16)17/h4-5,7-9H,1-3,6H2,(H,18,19,20). The molecule has 7 heteroatoms. The molecule has 2 atom stereocenters. The Labute approximate surface area is 123 Å². The van der Waals surface area contributed by atoms with Crippen molar-refractivity contribution in [2.45, 2.75) is 31.9 Å². The number of aromatic nitrogens is 1. The average molecular weight is 351 g/mol. The van der Waals surface area contributed by atoms with Crippen LogP contribution in [-0.4, -0.2) is 17.1 Å². The Morgan fingerprint density at radius 1 is 1.40 bits per heavy atom. The molecule has 0 aliphatic heterocycles. The third-order valence-electron chi connectivity index (χ3n) is 3.48. The number of hydrogen-bond donors (Lipinski definition) is 1. The monoisotopic (exact) mass is 350 g/mol. The summed E-state index contributed by atoms with van der Waals surface area (Å²) in [4.78, 5) is 16.0. The van der Waals surface area contributed by atoms with Gasteiger partial charge in [-0.2, -0.15) is 13.2 Å². The van der Waals surface area contributed by atoms with E-state index in [4.69, 9.17) is 0 Å². The van der Waals surface area contributed by atoms with Crippen LogP contribution < -0.4 is 5.32 Å². The second kappa shape index (κ2) is 6.11. The molecule has 110 valence electrons. The van der Waals surface area contributed by atoms with E-state index in [2.05, 4.69) is 26.2 Å². The van der Waals surface area contributed by atoms with E-state index in [1.807, 2.05) is 0 Å². The molecular weight excluding hydrogens is 337 g/mol. The molecule has 0 spiro atoms. The number of nitrogens with one attached hydrogen (secondary N) is 1. The second-order valence-corrected chi connectivity index (χ2v) is 5.87. The van der Waals surface area contributed by atoms with Crippen molar-refractivity contribution < 1.29 is 18.0 Å². The predicted molar refractivity (Wildman–Crippen MR) is 72.1 cm³/mol. The molecule has 20 heavy (non-hydrogen) atoms. The highest BCUT2D eigenvalue weighted by atomic mass is 79.9. The van der Waals surface area contributed by atoms with Gasteiger partial charge in [0.1, 0.15) is 5.82 Å². The smallest absolute Gasteiger partial charge is 0.310 e. The third kappa shape index (κ3) is 3.94. The maximum absolute atomic E-state index is 12.7. The van der Waals surface area contributed by atoms with Crippen LogP contribution in [0, 0.1) is 11.8 Å². The highest BCUT2D eigenvalue weighted by molar-refractivity contribution is 9.10. The van der Waals surface area contributed by atoms with Gasteiger partial charge in [-0.1, -0.05) is 22.4 Å². The summed E-state index contributed by atoms with van der Waals surface area (Å²) in [6.45, 7) is 0. The minimum atomic E-state index is -4.22. The normalized spacial score (nSPS) is 23.4. The van der Waals surface area contributed by atoms with E-state index in [1.165, 1.54) is 6.20 Å². The molecule has 1 aromatic heterocycles. The highest BCUT2D eigenvalue weighted by Crippen LogP contribution is 2.40. The lowest BCUT2D eigenvalue weighted by Crippen LogP contribution is -2.34. The Balaban J connectivity index is 1.99. The number of carbonyl (C=O) groups excluding carboxylic acids is 1. The van der Waals surface area contributed by atoms with Crippen molar-refractivity contribution in [3.63, 3.8) is 0 Å². The third-order valence-corrected chi connectivity index (χ3v) is 3.97. The van der Waals surface area contributed by atoms with Crippen LogP contribution in [-0.2, 0) is 4.79 Å². The summed E-state index contributed by atoms with van der Waals surface area (Å²) < 4.78 is 38.9. The van der Waals surface area contributed by atoms with E-state index in [0.29, 0.717) is 18.7 Å². The lowest BCUT2D eigenvalue weighted by molar-refractivity contribution is -0.185. The number of carbonyl (C=O) groups is 1. The molecule has 2 unspecified atom stereocenters. The quantitative estimate of drug-likeness (QED) is 0.870. The predicted octanol–water partition coefficient (Wildman–Crippen LogP) is 4.15. The summed E-state index contributed by atoms with van der Waals surface area (Å²) >= 11 is 3.24. The van der Waals surface area contributed by atoms with Crippen LogP contribution in [0.5, 0.6) is 0 Å². The lowest BCUT2D eigenvalue weighted by Gasteiger charge is -2.29. The Morgan fingerprint density at radius 3 is 2.80 bits per heavy atom. The molecule has 1 aliphatic rings. The molecule has 0 bridgehead atoms. The first-order valence-corrected chi connectivity index (χ1v) is 7.14. The van der Waals surface area contributed by atoms with Crippen LogP contribution in [0.1, 0.15) is 25.7 Å². The molecule has 2 rings (SSSR count). The number of amides is 1. The number of rotatable bonds is 2. The molecule has 1 saturated carbocycles. The summed E-state index contributed by atoms with van der Waals surface area (Å²) in [5, 5.41) is 2.58. The lowest BCUT2D eigenvalue weighted by atomic mass is 9.80. The van der Waals surface area contributed by atoms with Crippen LogP contribution in [0.15, 0.2) is 22.8 Å². The van der Waals surface area contributed by atoms with Gasteiger partial charge in [0.05, 0.1) is 5.92 Å². The van der Waals surface area contributed by atoms with Crippen LogP contribution in [0.4, 0.5) is 19.0 Å². The van der Waals surface area contributed by atoms with E-state index in [9.17, 15) is 18.0 Å². The fraction of sp³-hybridized carbons (Fsp3) is 0.538. The summed E-state index contributed by atoms with van der Waals surface area (Å²) in [5.74, 6) is -2.01. The van der Waals surface area contributed by atoms with Gasteiger partial charge in [-0.05, 0) is 31.4 Å². The molecule has 3 nitrogen and oxygen atoms in total. The van der Waals surface area contributed by atoms with Crippen molar-refractivity contribution in [1.29, 1.82) is 0 Å². The molecule has 0 saturated heterocycles. The van der Waals surface area contributed by atoms with Crippen molar-refractivity contribution in [1.82, 2.24) is 4.98 Å². The first-order valence-electron chi connectivity index (χ1n) is 6.35. The molecular formula is C13H14BrF3N2O. The molecule has 1 aliphatic carbocycles. The van der Waals surface area contributed by atoms with E-state index >= 15 is 0 Å². The summed E-state index contributed by atoms with van der Waals surface area (Å²) in [6.07, 6.45) is -1.81. The molecule has 0 aromatic carbocycles. The van der Waals surface area contributed by atoms with Gasteiger partial charge in [0.15, 0.2) is 0 Å². The van der Waals surface area contributed by atoms with Gasteiger partial charge in [-0.25, -0.2) is 4.98 Å². The number of halogens is 4. The van der Waals surface area contributed by atoms with E-state index in [0.717, 1.165) is 4.47 Å².